The van der Waals surface area contributed by atoms with Crippen LogP contribution >= 0.6 is 0 Å². The maximum absolute atomic E-state index is 11.4. The molecule has 0 aromatic rings. The van der Waals surface area contributed by atoms with Crippen molar-refractivity contribution >= 4 is 0 Å². The first-order valence-corrected chi connectivity index (χ1v) is 10.3. The molecule has 0 heterocycles. The van der Waals surface area contributed by atoms with E-state index >= 15 is 0 Å². The molecule has 1 rings (SSSR count). The number of rotatable bonds is 12. The van der Waals surface area contributed by atoms with E-state index in [1.165, 1.54) is 50.5 Å². The lowest BCUT2D eigenvalue weighted by Crippen LogP contribution is -2.38. The van der Waals surface area contributed by atoms with Crippen molar-refractivity contribution in [3.63, 3.8) is 0 Å². The van der Waals surface area contributed by atoms with Crippen LogP contribution in [0.5, 0.6) is 0 Å². The number of hydrogen-bond acceptors (Lipinski definition) is 1. The first-order chi connectivity index (χ1) is 11.1. The third-order valence-corrected chi connectivity index (χ3v) is 5.28. The lowest BCUT2D eigenvalue weighted by molar-refractivity contribution is 0.0296. The summed E-state index contributed by atoms with van der Waals surface area (Å²) in [5.41, 5.74) is 2.40. The molecule has 1 aliphatic carbocycles. The molecule has 2 atom stereocenters. The van der Waals surface area contributed by atoms with Gasteiger partial charge in [0.2, 0.25) is 0 Å². The van der Waals surface area contributed by atoms with Gasteiger partial charge in [-0.25, -0.2) is 0 Å². The lowest BCUT2D eigenvalue weighted by Gasteiger charge is -2.38. The van der Waals surface area contributed by atoms with Gasteiger partial charge in [-0.15, -0.1) is 0 Å². The molecule has 0 saturated heterocycles. The smallest absolute Gasteiger partial charge is 0.0895 e. The molecule has 2 unspecified atom stereocenters. The summed E-state index contributed by atoms with van der Waals surface area (Å²) in [6.07, 6.45) is 18.8. The molecule has 0 spiro atoms. The summed E-state index contributed by atoms with van der Waals surface area (Å²) in [4.78, 5) is 0. The van der Waals surface area contributed by atoms with Gasteiger partial charge in [-0.3, -0.25) is 0 Å². The van der Waals surface area contributed by atoms with Crippen molar-refractivity contribution in [1.29, 1.82) is 0 Å². The van der Waals surface area contributed by atoms with Crippen molar-refractivity contribution in [2.24, 2.45) is 5.92 Å². The van der Waals surface area contributed by atoms with Crippen LogP contribution in [0.1, 0.15) is 105 Å². The zero-order valence-corrected chi connectivity index (χ0v) is 16.2. The third kappa shape index (κ3) is 6.45. The molecule has 0 fully saturated rings. The van der Waals surface area contributed by atoms with Gasteiger partial charge in [0, 0.05) is 5.92 Å². The summed E-state index contributed by atoms with van der Waals surface area (Å²) in [7, 11) is 0. The van der Waals surface area contributed by atoms with Crippen LogP contribution in [0.3, 0.4) is 0 Å². The van der Waals surface area contributed by atoms with Gasteiger partial charge in [0.1, 0.15) is 0 Å². The average Bonchev–Trinajstić information content (AvgIpc) is 2.56. The predicted octanol–water partition coefficient (Wildman–Crippen LogP) is 6.96. The van der Waals surface area contributed by atoms with Crippen LogP contribution < -0.4 is 0 Å². The topological polar surface area (TPSA) is 20.2 Å². The fourth-order valence-electron chi connectivity index (χ4n) is 3.68. The standard InChI is InChI=1S/C22H40O/c1-5-9-13-19-17-21(15-11-7-3)22(23,16-12-8-4)18-20(19)14-10-6-2/h17-18,21,23H,5-16H2,1-4H3. The van der Waals surface area contributed by atoms with Crippen LogP contribution in [0.15, 0.2) is 23.3 Å². The molecule has 134 valence electrons. The quantitative estimate of drug-likeness (QED) is 0.412. The van der Waals surface area contributed by atoms with E-state index in [0.717, 1.165) is 32.1 Å². The second-order valence-electron chi connectivity index (χ2n) is 7.41. The van der Waals surface area contributed by atoms with Crippen LogP contribution in [0.25, 0.3) is 0 Å². The Morgan fingerprint density at radius 3 is 1.96 bits per heavy atom. The largest absolute Gasteiger partial charge is 0.385 e. The van der Waals surface area contributed by atoms with E-state index in [4.69, 9.17) is 0 Å². The molecule has 23 heavy (non-hydrogen) atoms. The van der Waals surface area contributed by atoms with Crippen molar-refractivity contribution in [3.8, 4) is 0 Å². The summed E-state index contributed by atoms with van der Waals surface area (Å²) < 4.78 is 0. The molecule has 1 aliphatic rings. The summed E-state index contributed by atoms with van der Waals surface area (Å²) in [5, 5.41) is 11.4. The van der Waals surface area contributed by atoms with Gasteiger partial charge in [-0.05, 0) is 55.7 Å². The van der Waals surface area contributed by atoms with Crippen molar-refractivity contribution in [3.05, 3.63) is 23.3 Å². The number of aliphatic hydroxyl groups is 1. The molecule has 1 N–H and O–H groups in total. The Morgan fingerprint density at radius 2 is 1.39 bits per heavy atom. The van der Waals surface area contributed by atoms with Gasteiger partial charge in [0.05, 0.1) is 5.60 Å². The third-order valence-electron chi connectivity index (χ3n) is 5.28. The SMILES string of the molecule is CCCCC1=CC(CCCC)C(O)(CCCC)C=C1CCCC. The zero-order chi connectivity index (χ0) is 17.1. The Hall–Kier alpha value is -0.560. The van der Waals surface area contributed by atoms with Crippen LogP contribution in [-0.2, 0) is 0 Å². The number of unbranched alkanes of at least 4 members (excludes halogenated alkanes) is 4. The molecule has 1 heteroatoms. The highest BCUT2D eigenvalue weighted by atomic mass is 16.3. The van der Waals surface area contributed by atoms with Crippen molar-refractivity contribution < 1.29 is 5.11 Å². The molecule has 0 radical (unpaired) electrons. The molecule has 0 aromatic heterocycles. The second-order valence-corrected chi connectivity index (χ2v) is 7.41. The van der Waals surface area contributed by atoms with Crippen LogP contribution in [0.2, 0.25) is 0 Å². The monoisotopic (exact) mass is 320 g/mol. The van der Waals surface area contributed by atoms with Gasteiger partial charge in [-0.1, -0.05) is 72.3 Å². The van der Waals surface area contributed by atoms with E-state index in [9.17, 15) is 5.11 Å². The fraction of sp³-hybridized carbons (Fsp3) is 0.818. The van der Waals surface area contributed by atoms with Gasteiger partial charge >= 0.3 is 0 Å². The van der Waals surface area contributed by atoms with E-state index in [-0.39, 0.29) is 0 Å². The maximum atomic E-state index is 11.4. The molecular formula is C22H40O. The molecule has 0 bridgehead atoms. The van der Waals surface area contributed by atoms with Gasteiger partial charge < -0.3 is 5.11 Å². The Balaban J connectivity index is 3.00. The van der Waals surface area contributed by atoms with Crippen molar-refractivity contribution in [2.45, 2.75) is 110 Å². The molecule has 0 aliphatic heterocycles. The summed E-state index contributed by atoms with van der Waals surface area (Å²) in [5.74, 6) is 0.325. The number of allylic oxidation sites excluding steroid dienone is 2. The number of hydrogen-bond donors (Lipinski definition) is 1. The van der Waals surface area contributed by atoms with E-state index < -0.39 is 5.60 Å². The molecule has 0 saturated carbocycles. The molecular weight excluding hydrogens is 280 g/mol. The highest BCUT2D eigenvalue weighted by Gasteiger charge is 2.36. The second kappa shape index (κ2) is 11.1. The van der Waals surface area contributed by atoms with Crippen molar-refractivity contribution in [2.75, 3.05) is 0 Å². The summed E-state index contributed by atoms with van der Waals surface area (Å²) >= 11 is 0. The zero-order valence-electron chi connectivity index (χ0n) is 16.2. The average molecular weight is 321 g/mol. The molecule has 0 aromatic carbocycles. The Labute approximate surface area is 145 Å². The Kier molecular flexibility index (Phi) is 9.86. The summed E-state index contributed by atoms with van der Waals surface area (Å²) in [6, 6.07) is 0. The van der Waals surface area contributed by atoms with Crippen molar-refractivity contribution in [1.82, 2.24) is 0 Å². The molecule has 1 nitrogen and oxygen atoms in total. The maximum Gasteiger partial charge on any atom is 0.0895 e. The van der Waals surface area contributed by atoms with Crippen LogP contribution in [0, 0.1) is 5.92 Å². The van der Waals surface area contributed by atoms with Gasteiger partial charge in [0.15, 0.2) is 0 Å². The lowest BCUT2D eigenvalue weighted by atomic mass is 9.72. The fourth-order valence-corrected chi connectivity index (χ4v) is 3.68. The van der Waals surface area contributed by atoms with Crippen LogP contribution in [-0.4, -0.2) is 10.7 Å². The minimum Gasteiger partial charge on any atom is -0.385 e. The van der Waals surface area contributed by atoms with E-state index in [1.54, 1.807) is 5.57 Å². The Bertz CT molecular complexity index is 379. The van der Waals surface area contributed by atoms with E-state index in [0.29, 0.717) is 5.92 Å². The summed E-state index contributed by atoms with van der Waals surface area (Å²) in [6.45, 7) is 8.99. The van der Waals surface area contributed by atoms with Gasteiger partial charge in [-0.2, -0.15) is 0 Å². The minimum atomic E-state index is -0.593. The van der Waals surface area contributed by atoms with Crippen LogP contribution in [0.4, 0.5) is 0 Å². The highest BCUT2D eigenvalue weighted by molar-refractivity contribution is 5.39. The first-order valence-electron chi connectivity index (χ1n) is 10.3. The highest BCUT2D eigenvalue weighted by Crippen LogP contribution is 2.40. The molecule has 0 amide bonds. The predicted molar refractivity (Wildman–Crippen MR) is 103 cm³/mol. The van der Waals surface area contributed by atoms with Gasteiger partial charge in [0.25, 0.3) is 0 Å². The first kappa shape index (κ1) is 20.5. The van der Waals surface area contributed by atoms with E-state index in [1.807, 2.05) is 0 Å². The van der Waals surface area contributed by atoms with E-state index in [2.05, 4.69) is 39.8 Å². The Morgan fingerprint density at radius 1 is 0.826 bits per heavy atom. The normalized spacial score (nSPS) is 24.5. The minimum absolute atomic E-state index is 0.325.